The van der Waals surface area contributed by atoms with Gasteiger partial charge in [0.25, 0.3) is 0 Å². The maximum atomic E-state index is 10.8. The van der Waals surface area contributed by atoms with Gasteiger partial charge in [-0.3, -0.25) is 0 Å². The highest BCUT2D eigenvalue weighted by Gasteiger charge is 2.41. The lowest BCUT2D eigenvalue weighted by atomic mass is 9.76. The zero-order valence-corrected chi connectivity index (χ0v) is 14.6. The van der Waals surface area contributed by atoms with Gasteiger partial charge in [-0.05, 0) is 10.8 Å². The Labute approximate surface area is 133 Å². The lowest BCUT2D eigenvalue weighted by Crippen LogP contribution is -2.53. The molecule has 0 atom stereocenters. The van der Waals surface area contributed by atoms with Gasteiger partial charge in [0.1, 0.15) is 0 Å². The number of anilines is 2. The summed E-state index contributed by atoms with van der Waals surface area (Å²) < 4.78 is 0. The summed E-state index contributed by atoms with van der Waals surface area (Å²) in [5, 5.41) is 21.5. The van der Waals surface area contributed by atoms with Crippen molar-refractivity contribution in [3.8, 4) is 11.5 Å². The molecule has 1 aromatic rings. The molecule has 1 aromatic carbocycles. The predicted octanol–water partition coefficient (Wildman–Crippen LogP) is 3.33. The maximum absolute atomic E-state index is 10.8. The van der Waals surface area contributed by atoms with Crippen LogP contribution in [0.2, 0.25) is 0 Å². The van der Waals surface area contributed by atoms with Gasteiger partial charge in [0.15, 0.2) is 11.5 Å². The first-order valence-electron chi connectivity index (χ1n) is 8.16. The zero-order valence-electron chi connectivity index (χ0n) is 14.6. The highest BCUT2D eigenvalue weighted by atomic mass is 16.3. The first-order valence-corrected chi connectivity index (χ1v) is 8.16. The smallest absolute Gasteiger partial charge is 0.163 e. The molecule has 0 saturated carbocycles. The summed E-state index contributed by atoms with van der Waals surface area (Å²) in [7, 11) is 0. The lowest BCUT2D eigenvalue weighted by Gasteiger charge is -2.50. The van der Waals surface area contributed by atoms with E-state index in [2.05, 4.69) is 51.3 Å². The van der Waals surface area contributed by atoms with Crippen LogP contribution in [0.3, 0.4) is 0 Å². The zero-order chi connectivity index (χ0) is 16.4. The van der Waals surface area contributed by atoms with E-state index in [4.69, 9.17) is 0 Å². The van der Waals surface area contributed by atoms with Gasteiger partial charge >= 0.3 is 0 Å². The Hall–Kier alpha value is -1.58. The van der Waals surface area contributed by atoms with E-state index < -0.39 is 0 Å². The Balaban J connectivity index is 2.44. The number of hydrogen-bond acceptors (Lipinski definition) is 4. The van der Waals surface area contributed by atoms with Crippen molar-refractivity contribution in [2.75, 3.05) is 36.0 Å². The summed E-state index contributed by atoms with van der Waals surface area (Å²) in [6.07, 6.45) is 0. The molecule has 3 aliphatic heterocycles. The van der Waals surface area contributed by atoms with Gasteiger partial charge in [0, 0.05) is 37.3 Å². The van der Waals surface area contributed by atoms with E-state index in [-0.39, 0.29) is 22.3 Å². The summed E-state index contributed by atoms with van der Waals surface area (Å²) in [5.41, 5.74) is 3.56. The number of fused-ring (bicyclic) bond motifs is 2. The Bertz CT molecular complexity index is 561. The van der Waals surface area contributed by atoms with Gasteiger partial charge in [-0.15, -0.1) is 0 Å². The number of phenols is 2. The molecule has 0 radical (unpaired) electrons. The van der Waals surface area contributed by atoms with Crippen LogP contribution in [0.1, 0.15) is 52.7 Å². The molecule has 0 aromatic heterocycles. The van der Waals surface area contributed by atoms with Gasteiger partial charge in [-0.1, -0.05) is 41.5 Å². The Kier molecular flexibility index (Phi) is 3.11. The fourth-order valence-electron chi connectivity index (χ4n) is 3.89. The third kappa shape index (κ3) is 2.03. The van der Waals surface area contributed by atoms with Gasteiger partial charge in [-0.25, -0.2) is 0 Å². The second kappa shape index (κ2) is 4.46. The van der Waals surface area contributed by atoms with Crippen LogP contribution in [0, 0.1) is 0 Å². The molecule has 4 nitrogen and oxygen atoms in total. The first kappa shape index (κ1) is 15.3. The van der Waals surface area contributed by atoms with Crippen LogP contribution in [-0.2, 0) is 10.8 Å². The minimum Gasteiger partial charge on any atom is -0.504 e. The molecule has 122 valence electrons. The molecule has 4 rings (SSSR count). The van der Waals surface area contributed by atoms with Gasteiger partial charge < -0.3 is 20.0 Å². The summed E-state index contributed by atoms with van der Waals surface area (Å²) in [6, 6.07) is 0. The minimum atomic E-state index is -0.222. The molecule has 4 heteroatoms. The molecule has 0 amide bonds. The molecule has 0 unspecified atom stereocenters. The van der Waals surface area contributed by atoms with Crippen molar-refractivity contribution in [1.82, 2.24) is 0 Å². The van der Waals surface area contributed by atoms with Crippen molar-refractivity contribution < 1.29 is 10.2 Å². The summed E-state index contributed by atoms with van der Waals surface area (Å²) in [4.78, 5) is 4.76. The highest BCUT2D eigenvalue weighted by Crippen LogP contribution is 2.56. The highest BCUT2D eigenvalue weighted by molar-refractivity contribution is 5.88. The van der Waals surface area contributed by atoms with Crippen molar-refractivity contribution >= 4 is 11.4 Å². The fraction of sp³-hybridized carbons (Fsp3) is 0.667. The van der Waals surface area contributed by atoms with Crippen LogP contribution in [0.4, 0.5) is 11.4 Å². The molecule has 3 heterocycles. The number of hydrogen-bond donors (Lipinski definition) is 2. The average molecular weight is 304 g/mol. The molecule has 2 N–H and O–H groups in total. The molecular formula is C18H28N2O2. The number of piperazine rings is 1. The molecule has 1 fully saturated rings. The third-order valence-corrected chi connectivity index (χ3v) is 4.81. The topological polar surface area (TPSA) is 46.9 Å². The Morgan fingerprint density at radius 2 is 0.909 bits per heavy atom. The van der Waals surface area contributed by atoms with Crippen molar-refractivity contribution in [3.63, 3.8) is 0 Å². The van der Waals surface area contributed by atoms with E-state index >= 15 is 0 Å². The molecule has 3 aliphatic rings. The van der Waals surface area contributed by atoms with Gasteiger partial charge in [-0.2, -0.15) is 0 Å². The summed E-state index contributed by atoms with van der Waals surface area (Å²) >= 11 is 0. The van der Waals surface area contributed by atoms with Crippen molar-refractivity contribution in [3.05, 3.63) is 11.1 Å². The van der Waals surface area contributed by atoms with Crippen molar-refractivity contribution in [2.24, 2.45) is 0 Å². The molecule has 22 heavy (non-hydrogen) atoms. The van der Waals surface area contributed by atoms with Crippen LogP contribution in [0.25, 0.3) is 0 Å². The van der Waals surface area contributed by atoms with E-state index in [0.29, 0.717) is 0 Å². The number of aromatic hydroxyl groups is 2. The molecule has 2 bridgehead atoms. The van der Waals surface area contributed by atoms with Crippen LogP contribution in [0.5, 0.6) is 11.5 Å². The van der Waals surface area contributed by atoms with Crippen LogP contribution < -0.4 is 9.80 Å². The Morgan fingerprint density at radius 3 is 1.14 bits per heavy atom. The standard InChI is InChI=1S/C18H28N2O2/c1-17(2,3)11-13-14(20-9-7-19(13)8-10-20)12(18(4,5)6)16(22)15(11)21/h21-22H,7-10H2,1-6H3. The largest absolute Gasteiger partial charge is 0.504 e. The quantitative estimate of drug-likeness (QED) is 0.722. The monoisotopic (exact) mass is 304 g/mol. The number of phenolic OH excluding ortho intramolecular Hbond substituents is 2. The van der Waals surface area contributed by atoms with Crippen LogP contribution in [-0.4, -0.2) is 36.4 Å². The second-order valence-corrected chi connectivity index (χ2v) is 8.62. The normalized spacial score (nSPS) is 17.9. The number of benzene rings is 1. The molecule has 0 aliphatic carbocycles. The molecule has 0 spiro atoms. The average Bonchev–Trinajstić information content (AvgIpc) is 2.38. The van der Waals surface area contributed by atoms with Gasteiger partial charge in [0.05, 0.1) is 11.4 Å². The van der Waals surface area contributed by atoms with Crippen molar-refractivity contribution in [2.45, 2.75) is 52.4 Å². The number of nitrogens with zero attached hydrogens (tertiary/aromatic N) is 2. The third-order valence-electron chi connectivity index (χ3n) is 4.81. The fourth-order valence-corrected chi connectivity index (χ4v) is 3.89. The maximum Gasteiger partial charge on any atom is 0.163 e. The van der Waals surface area contributed by atoms with Crippen molar-refractivity contribution in [1.29, 1.82) is 0 Å². The van der Waals surface area contributed by atoms with Gasteiger partial charge in [0.2, 0.25) is 0 Å². The summed E-state index contributed by atoms with van der Waals surface area (Å²) in [5.74, 6) is 0.120. The SMILES string of the molecule is CC(C)(C)c1c(O)c(O)c(C(C)(C)C)c2c1N1CCN2CC1. The van der Waals surface area contributed by atoms with E-state index in [0.717, 1.165) is 48.7 Å². The predicted molar refractivity (Wildman–Crippen MR) is 91.6 cm³/mol. The molecular weight excluding hydrogens is 276 g/mol. The second-order valence-electron chi connectivity index (χ2n) is 8.62. The minimum absolute atomic E-state index is 0.0601. The van der Waals surface area contributed by atoms with Crippen LogP contribution >= 0.6 is 0 Å². The molecule has 1 saturated heterocycles. The van der Waals surface area contributed by atoms with Crippen LogP contribution in [0.15, 0.2) is 0 Å². The Morgan fingerprint density at radius 1 is 0.636 bits per heavy atom. The lowest BCUT2D eigenvalue weighted by molar-refractivity contribution is 0.374. The number of rotatable bonds is 0. The van der Waals surface area contributed by atoms with E-state index in [1.807, 2.05) is 0 Å². The summed E-state index contributed by atoms with van der Waals surface area (Å²) in [6.45, 7) is 16.5. The van der Waals surface area contributed by atoms with E-state index in [9.17, 15) is 10.2 Å². The van der Waals surface area contributed by atoms with E-state index in [1.165, 1.54) is 0 Å². The van der Waals surface area contributed by atoms with E-state index in [1.54, 1.807) is 0 Å². The first-order chi connectivity index (χ1) is 10.0.